The van der Waals surface area contributed by atoms with Gasteiger partial charge in [0.1, 0.15) is 0 Å². The Labute approximate surface area is 118 Å². The van der Waals surface area contributed by atoms with Crippen molar-refractivity contribution < 1.29 is 9.90 Å². The number of nitrogens with zero attached hydrogens (tertiary/aromatic N) is 1. The van der Waals surface area contributed by atoms with E-state index in [2.05, 4.69) is 15.7 Å². The van der Waals surface area contributed by atoms with Crippen molar-refractivity contribution in [1.82, 2.24) is 10.3 Å². The van der Waals surface area contributed by atoms with Crippen molar-refractivity contribution in [2.45, 2.75) is 51.5 Å². The fourth-order valence-electron chi connectivity index (χ4n) is 2.33. The number of aromatic nitrogens is 1. The van der Waals surface area contributed by atoms with Crippen molar-refractivity contribution in [3.63, 3.8) is 0 Å². The Morgan fingerprint density at radius 3 is 2.89 bits per heavy atom. The van der Waals surface area contributed by atoms with Crippen LogP contribution in [0.15, 0.2) is 5.38 Å². The normalized spacial score (nSPS) is 18.1. The van der Waals surface area contributed by atoms with E-state index in [-0.39, 0.29) is 12.5 Å². The van der Waals surface area contributed by atoms with Crippen LogP contribution >= 0.6 is 11.3 Å². The zero-order chi connectivity index (χ0) is 13.9. The van der Waals surface area contributed by atoms with Gasteiger partial charge >= 0.3 is 0 Å². The molecular formula is C14H22N2O2S. The molecule has 1 aromatic rings. The number of carbonyl (C=O) groups excluding carboxylic acids is 1. The highest BCUT2D eigenvalue weighted by atomic mass is 32.1. The first-order valence-corrected chi connectivity index (χ1v) is 7.74. The highest BCUT2D eigenvalue weighted by Crippen LogP contribution is 2.39. The number of thiazole rings is 1. The number of aliphatic hydroxyl groups is 1. The van der Waals surface area contributed by atoms with Crippen molar-refractivity contribution in [1.29, 1.82) is 0 Å². The molecule has 1 aliphatic rings. The minimum Gasteiger partial charge on any atom is -0.394 e. The van der Waals surface area contributed by atoms with Crippen molar-refractivity contribution in [3.05, 3.63) is 16.1 Å². The van der Waals surface area contributed by atoms with E-state index in [1.807, 2.05) is 13.8 Å². The summed E-state index contributed by atoms with van der Waals surface area (Å²) in [6.07, 6.45) is 4.36. The predicted octanol–water partition coefficient (Wildman–Crippen LogP) is 2.05. The van der Waals surface area contributed by atoms with E-state index < -0.39 is 5.54 Å². The lowest BCUT2D eigenvalue weighted by Crippen LogP contribution is -2.50. The van der Waals surface area contributed by atoms with E-state index in [4.69, 9.17) is 0 Å². The molecule has 0 saturated heterocycles. The average Bonchev–Trinajstić information content (AvgIpc) is 3.14. The quantitative estimate of drug-likeness (QED) is 0.804. The smallest absolute Gasteiger partial charge is 0.220 e. The standard InChI is InChI=1S/C14H22N2O2S/c1-10-15-12(8-19-10)4-3-5-13(18)16-14(2,9-17)11-6-7-11/h8,11,17H,3-7,9H2,1-2H3,(H,16,18)/t14-/m0/s1. The van der Waals surface area contributed by atoms with Crippen LogP contribution < -0.4 is 5.32 Å². The van der Waals surface area contributed by atoms with Gasteiger partial charge in [0.25, 0.3) is 0 Å². The number of rotatable bonds is 7. The monoisotopic (exact) mass is 282 g/mol. The lowest BCUT2D eigenvalue weighted by molar-refractivity contribution is -0.123. The van der Waals surface area contributed by atoms with Gasteiger partial charge in [0.2, 0.25) is 5.91 Å². The Kier molecular flexibility index (Phi) is 4.58. The Morgan fingerprint density at radius 1 is 1.63 bits per heavy atom. The van der Waals surface area contributed by atoms with Crippen LogP contribution in [0.1, 0.15) is 43.3 Å². The highest BCUT2D eigenvalue weighted by Gasteiger charge is 2.41. The van der Waals surface area contributed by atoms with Gasteiger partial charge in [-0.25, -0.2) is 4.98 Å². The number of carbonyl (C=O) groups is 1. The molecule has 2 N–H and O–H groups in total. The topological polar surface area (TPSA) is 62.2 Å². The Balaban J connectivity index is 1.72. The lowest BCUT2D eigenvalue weighted by Gasteiger charge is -2.28. The summed E-state index contributed by atoms with van der Waals surface area (Å²) >= 11 is 1.64. The third-order valence-electron chi connectivity index (χ3n) is 3.74. The number of hydrogen-bond acceptors (Lipinski definition) is 4. The Morgan fingerprint density at radius 2 is 2.37 bits per heavy atom. The van der Waals surface area contributed by atoms with Crippen molar-refractivity contribution >= 4 is 17.2 Å². The number of hydrogen-bond donors (Lipinski definition) is 2. The number of aryl methyl sites for hydroxylation is 2. The summed E-state index contributed by atoms with van der Waals surface area (Å²) in [5, 5.41) is 15.5. The Bertz CT molecular complexity index is 442. The second-order valence-electron chi connectivity index (χ2n) is 5.61. The first-order chi connectivity index (χ1) is 9.03. The van der Waals surface area contributed by atoms with Gasteiger partial charge in [0, 0.05) is 11.8 Å². The summed E-state index contributed by atoms with van der Waals surface area (Å²) < 4.78 is 0. The predicted molar refractivity (Wildman–Crippen MR) is 76.1 cm³/mol. The molecule has 2 rings (SSSR count). The van der Waals surface area contributed by atoms with Gasteiger partial charge in [-0.05, 0) is 45.4 Å². The number of nitrogens with one attached hydrogen (secondary N) is 1. The molecule has 4 nitrogen and oxygen atoms in total. The zero-order valence-electron chi connectivity index (χ0n) is 11.6. The van der Waals surface area contributed by atoms with E-state index in [0.717, 1.165) is 36.4 Å². The van der Waals surface area contributed by atoms with Gasteiger partial charge in [-0.15, -0.1) is 11.3 Å². The average molecular weight is 282 g/mol. The highest BCUT2D eigenvalue weighted by molar-refractivity contribution is 7.09. The van der Waals surface area contributed by atoms with E-state index in [1.165, 1.54) is 0 Å². The minimum atomic E-state index is -0.422. The molecule has 106 valence electrons. The molecule has 1 amide bonds. The molecule has 1 aliphatic carbocycles. The van der Waals surface area contributed by atoms with Gasteiger partial charge < -0.3 is 10.4 Å². The molecule has 1 fully saturated rings. The maximum Gasteiger partial charge on any atom is 0.220 e. The molecule has 0 unspecified atom stereocenters. The third-order valence-corrected chi connectivity index (χ3v) is 4.56. The van der Waals surface area contributed by atoms with Gasteiger partial charge in [-0.2, -0.15) is 0 Å². The van der Waals surface area contributed by atoms with Gasteiger partial charge in [0.05, 0.1) is 22.8 Å². The van der Waals surface area contributed by atoms with Gasteiger partial charge in [-0.1, -0.05) is 0 Å². The molecule has 1 saturated carbocycles. The summed E-state index contributed by atoms with van der Waals surface area (Å²) in [5.41, 5.74) is 0.649. The van der Waals surface area contributed by atoms with E-state index in [1.54, 1.807) is 11.3 Å². The fraction of sp³-hybridized carbons (Fsp3) is 0.714. The van der Waals surface area contributed by atoms with E-state index >= 15 is 0 Å². The first kappa shape index (κ1) is 14.5. The SMILES string of the molecule is Cc1nc(CCCC(=O)N[C@@](C)(CO)C2CC2)cs1. The summed E-state index contributed by atoms with van der Waals surface area (Å²) in [6, 6.07) is 0. The second kappa shape index (κ2) is 6.01. The second-order valence-corrected chi connectivity index (χ2v) is 6.67. The summed E-state index contributed by atoms with van der Waals surface area (Å²) in [6.45, 7) is 3.95. The summed E-state index contributed by atoms with van der Waals surface area (Å²) in [7, 11) is 0. The molecule has 0 aromatic carbocycles. The van der Waals surface area contributed by atoms with Crippen LogP contribution in [0.3, 0.4) is 0 Å². The molecule has 1 aromatic heterocycles. The summed E-state index contributed by atoms with van der Waals surface area (Å²) in [5.74, 6) is 0.484. The van der Waals surface area contributed by atoms with E-state index in [0.29, 0.717) is 12.3 Å². The van der Waals surface area contributed by atoms with Crippen LogP contribution in [0.25, 0.3) is 0 Å². The van der Waals surface area contributed by atoms with Gasteiger partial charge in [-0.3, -0.25) is 4.79 Å². The maximum absolute atomic E-state index is 11.9. The van der Waals surface area contributed by atoms with E-state index in [9.17, 15) is 9.90 Å². The Hall–Kier alpha value is -0.940. The minimum absolute atomic E-state index is 0.0225. The molecule has 1 heterocycles. The first-order valence-electron chi connectivity index (χ1n) is 6.86. The third kappa shape index (κ3) is 4.01. The molecule has 0 aliphatic heterocycles. The molecular weight excluding hydrogens is 260 g/mol. The summed E-state index contributed by atoms with van der Waals surface area (Å²) in [4.78, 5) is 16.3. The fourth-order valence-corrected chi connectivity index (χ4v) is 2.97. The molecule has 0 bridgehead atoms. The zero-order valence-corrected chi connectivity index (χ0v) is 12.4. The van der Waals surface area contributed by atoms with Crippen molar-refractivity contribution in [3.8, 4) is 0 Å². The lowest BCUT2D eigenvalue weighted by atomic mass is 9.96. The van der Waals surface area contributed by atoms with Crippen molar-refractivity contribution in [2.24, 2.45) is 5.92 Å². The van der Waals surface area contributed by atoms with Crippen LogP contribution in [-0.4, -0.2) is 28.1 Å². The molecule has 1 atom stereocenters. The van der Waals surface area contributed by atoms with Crippen LogP contribution in [0.5, 0.6) is 0 Å². The molecule has 19 heavy (non-hydrogen) atoms. The van der Waals surface area contributed by atoms with Crippen LogP contribution in [-0.2, 0) is 11.2 Å². The number of amides is 1. The largest absolute Gasteiger partial charge is 0.394 e. The number of aliphatic hydroxyl groups excluding tert-OH is 1. The molecule has 5 heteroatoms. The van der Waals surface area contributed by atoms with Crippen LogP contribution in [0, 0.1) is 12.8 Å². The van der Waals surface area contributed by atoms with Crippen LogP contribution in [0.4, 0.5) is 0 Å². The maximum atomic E-state index is 11.9. The van der Waals surface area contributed by atoms with Gasteiger partial charge in [0.15, 0.2) is 0 Å². The van der Waals surface area contributed by atoms with Crippen molar-refractivity contribution in [2.75, 3.05) is 6.61 Å². The molecule has 0 radical (unpaired) electrons. The molecule has 0 spiro atoms. The van der Waals surface area contributed by atoms with Crippen LogP contribution in [0.2, 0.25) is 0 Å².